The van der Waals surface area contributed by atoms with E-state index in [1.807, 2.05) is 24.1 Å². The molecule has 0 aromatic carbocycles. The van der Waals surface area contributed by atoms with Gasteiger partial charge in [0.25, 0.3) is 5.91 Å². The van der Waals surface area contributed by atoms with Gasteiger partial charge in [0, 0.05) is 44.0 Å². The third-order valence-corrected chi connectivity index (χ3v) is 5.78. The summed E-state index contributed by atoms with van der Waals surface area (Å²) < 4.78 is 0. The molecular weight excluding hydrogens is 386 g/mol. The molecule has 3 unspecified atom stereocenters. The van der Waals surface area contributed by atoms with Gasteiger partial charge in [0.1, 0.15) is 0 Å². The number of nitrogens with zero attached hydrogens (tertiary/aromatic N) is 3. The number of carbonyl (C=O) groups is 3. The Morgan fingerprint density at radius 1 is 1.17 bits per heavy atom. The Kier molecular flexibility index (Phi) is 8.53. The minimum Gasteiger partial charge on any atom is -0.478 e. The number of carboxylic acids is 2. The Hall–Kier alpha value is -2.74. The van der Waals surface area contributed by atoms with Gasteiger partial charge >= 0.3 is 11.9 Å². The molecule has 1 aromatic rings. The summed E-state index contributed by atoms with van der Waals surface area (Å²) in [7, 11) is 1.92. The SMILES string of the molecule is CC1CCC(C)N1CCC1Cc2ncccc2C(=O)N(C)C1.O=C(O)/C=C/C(=O)O. The van der Waals surface area contributed by atoms with E-state index in [9.17, 15) is 14.4 Å². The van der Waals surface area contributed by atoms with Crippen molar-refractivity contribution < 1.29 is 24.6 Å². The van der Waals surface area contributed by atoms with Gasteiger partial charge in [0.05, 0.1) is 11.3 Å². The number of amides is 1. The average Bonchev–Trinajstić information content (AvgIpc) is 2.95. The lowest BCUT2D eigenvalue weighted by Crippen LogP contribution is -2.36. The number of rotatable bonds is 5. The van der Waals surface area contributed by atoms with E-state index in [2.05, 4.69) is 23.7 Å². The maximum atomic E-state index is 12.4. The molecule has 164 valence electrons. The lowest BCUT2D eigenvalue weighted by atomic mass is 9.97. The minimum absolute atomic E-state index is 0.119. The largest absolute Gasteiger partial charge is 0.478 e. The standard InChI is InChI=1S/C18H27N3O.C4H4O4/c1-13-6-7-14(2)21(13)10-8-15-11-17-16(5-4-9-19-17)18(22)20(3)12-15;5-3(6)1-2-4(7)8/h4-5,9,13-15H,6-8,10-12H2,1-3H3;1-2H,(H,5,6)(H,7,8)/b;2-1+. The monoisotopic (exact) mass is 417 g/mol. The van der Waals surface area contributed by atoms with Gasteiger partial charge in [-0.25, -0.2) is 9.59 Å². The molecule has 3 atom stereocenters. The molecule has 2 N–H and O–H groups in total. The van der Waals surface area contributed by atoms with Gasteiger partial charge in [0.2, 0.25) is 0 Å². The van der Waals surface area contributed by atoms with Crippen molar-refractivity contribution in [1.29, 1.82) is 0 Å². The molecule has 0 aliphatic carbocycles. The van der Waals surface area contributed by atoms with Crippen molar-refractivity contribution in [3.05, 3.63) is 41.7 Å². The summed E-state index contributed by atoms with van der Waals surface area (Å²) in [5, 5.41) is 15.6. The highest BCUT2D eigenvalue weighted by Crippen LogP contribution is 2.26. The molecule has 1 fully saturated rings. The number of fused-ring (bicyclic) bond motifs is 1. The number of carboxylic acid groups (broad SMARTS) is 2. The van der Waals surface area contributed by atoms with Crippen molar-refractivity contribution in [2.24, 2.45) is 5.92 Å². The summed E-state index contributed by atoms with van der Waals surface area (Å²) in [6.07, 6.45) is 7.61. The predicted octanol–water partition coefficient (Wildman–Crippen LogP) is 2.30. The summed E-state index contributed by atoms with van der Waals surface area (Å²) in [6, 6.07) is 5.17. The predicted molar refractivity (Wildman–Crippen MR) is 112 cm³/mol. The van der Waals surface area contributed by atoms with Gasteiger partial charge < -0.3 is 15.1 Å². The van der Waals surface area contributed by atoms with Crippen molar-refractivity contribution in [2.75, 3.05) is 20.1 Å². The normalized spacial score (nSPS) is 24.2. The fraction of sp³-hybridized carbons (Fsp3) is 0.545. The van der Waals surface area contributed by atoms with Crippen molar-refractivity contribution in [1.82, 2.24) is 14.8 Å². The minimum atomic E-state index is -1.26. The van der Waals surface area contributed by atoms with Crippen LogP contribution in [0.1, 0.15) is 49.2 Å². The second kappa shape index (κ2) is 10.9. The quantitative estimate of drug-likeness (QED) is 0.707. The molecule has 30 heavy (non-hydrogen) atoms. The van der Waals surface area contributed by atoms with Crippen LogP contribution in [0, 0.1) is 5.92 Å². The average molecular weight is 418 g/mol. The first-order valence-electron chi connectivity index (χ1n) is 10.3. The Balaban J connectivity index is 0.000000343. The molecule has 0 saturated carbocycles. The number of hydrogen-bond donors (Lipinski definition) is 2. The second-order valence-corrected chi connectivity index (χ2v) is 8.07. The smallest absolute Gasteiger partial charge is 0.328 e. The summed E-state index contributed by atoms with van der Waals surface area (Å²) in [5.74, 6) is -1.89. The maximum Gasteiger partial charge on any atom is 0.328 e. The van der Waals surface area contributed by atoms with Gasteiger partial charge in [-0.05, 0) is 64.1 Å². The molecule has 0 spiro atoms. The van der Waals surface area contributed by atoms with E-state index in [4.69, 9.17) is 10.2 Å². The highest BCUT2D eigenvalue weighted by molar-refractivity contribution is 5.95. The Labute approximate surface area is 177 Å². The zero-order valence-electron chi connectivity index (χ0n) is 17.8. The molecule has 0 radical (unpaired) electrons. The maximum absolute atomic E-state index is 12.4. The molecular formula is C22H31N3O5. The number of aromatic nitrogens is 1. The highest BCUT2D eigenvalue weighted by Gasteiger charge is 2.30. The van der Waals surface area contributed by atoms with Crippen molar-refractivity contribution in [2.45, 2.75) is 51.6 Å². The molecule has 1 aromatic heterocycles. The van der Waals surface area contributed by atoms with Crippen LogP contribution in [0.5, 0.6) is 0 Å². The zero-order valence-corrected chi connectivity index (χ0v) is 17.8. The summed E-state index contributed by atoms with van der Waals surface area (Å²) in [4.78, 5) is 40.5. The number of likely N-dealkylation sites (tertiary alicyclic amines) is 1. The molecule has 8 heteroatoms. The van der Waals surface area contributed by atoms with Crippen LogP contribution in [0.4, 0.5) is 0 Å². The van der Waals surface area contributed by atoms with Gasteiger partial charge in [-0.15, -0.1) is 0 Å². The van der Waals surface area contributed by atoms with Crippen molar-refractivity contribution in [3.8, 4) is 0 Å². The third kappa shape index (κ3) is 6.66. The van der Waals surface area contributed by atoms with Crippen LogP contribution < -0.4 is 0 Å². The van der Waals surface area contributed by atoms with Gasteiger partial charge in [-0.1, -0.05) is 0 Å². The molecule has 2 aliphatic heterocycles. The lowest BCUT2D eigenvalue weighted by molar-refractivity contribution is -0.134. The van der Waals surface area contributed by atoms with Crippen molar-refractivity contribution in [3.63, 3.8) is 0 Å². The van der Waals surface area contributed by atoms with Gasteiger partial charge in [0.15, 0.2) is 0 Å². The third-order valence-electron chi connectivity index (χ3n) is 5.78. The van der Waals surface area contributed by atoms with E-state index in [1.165, 1.54) is 12.8 Å². The van der Waals surface area contributed by atoms with Gasteiger partial charge in [-0.3, -0.25) is 14.7 Å². The molecule has 1 amide bonds. The van der Waals surface area contributed by atoms with E-state index in [1.54, 1.807) is 6.20 Å². The topological polar surface area (TPSA) is 111 Å². The van der Waals surface area contributed by atoms with Crippen LogP contribution in [-0.4, -0.2) is 75.1 Å². The summed E-state index contributed by atoms with van der Waals surface area (Å²) in [5.41, 5.74) is 1.76. The lowest BCUT2D eigenvalue weighted by Gasteiger charge is -2.28. The molecule has 0 bridgehead atoms. The first-order chi connectivity index (χ1) is 14.2. The highest BCUT2D eigenvalue weighted by atomic mass is 16.4. The van der Waals surface area contributed by atoms with Crippen LogP contribution in [0.15, 0.2) is 30.5 Å². The zero-order chi connectivity index (χ0) is 22.3. The number of carbonyl (C=O) groups excluding carboxylic acids is 1. The number of hydrogen-bond acceptors (Lipinski definition) is 5. The van der Waals surface area contributed by atoms with Crippen molar-refractivity contribution >= 4 is 17.8 Å². The van der Waals surface area contributed by atoms with Crippen LogP contribution in [0.2, 0.25) is 0 Å². The Morgan fingerprint density at radius 3 is 2.33 bits per heavy atom. The van der Waals surface area contributed by atoms with E-state index in [0.29, 0.717) is 30.2 Å². The number of pyridine rings is 1. The molecule has 8 nitrogen and oxygen atoms in total. The Bertz CT molecular complexity index is 769. The van der Waals surface area contributed by atoms with E-state index in [0.717, 1.165) is 37.2 Å². The van der Waals surface area contributed by atoms with E-state index < -0.39 is 11.9 Å². The molecule has 3 heterocycles. The first kappa shape index (κ1) is 23.5. The van der Waals surface area contributed by atoms with E-state index in [-0.39, 0.29) is 5.91 Å². The fourth-order valence-electron chi connectivity index (χ4n) is 4.17. The van der Waals surface area contributed by atoms with Gasteiger partial charge in [-0.2, -0.15) is 0 Å². The fourth-order valence-corrected chi connectivity index (χ4v) is 4.17. The van der Waals surface area contributed by atoms with Crippen LogP contribution >= 0.6 is 0 Å². The number of aliphatic carboxylic acids is 2. The molecule has 1 saturated heterocycles. The van der Waals surface area contributed by atoms with Crippen LogP contribution in [0.25, 0.3) is 0 Å². The molecule has 2 aliphatic rings. The summed E-state index contributed by atoms with van der Waals surface area (Å²) in [6.45, 7) is 6.65. The van der Waals surface area contributed by atoms with Crippen LogP contribution in [0.3, 0.4) is 0 Å². The second-order valence-electron chi connectivity index (χ2n) is 8.07. The van der Waals surface area contributed by atoms with E-state index >= 15 is 0 Å². The Morgan fingerprint density at radius 2 is 1.77 bits per heavy atom. The molecule has 3 rings (SSSR count). The summed E-state index contributed by atoms with van der Waals surface area (Å²) >= 11 is 0. The first-order valence-corrected chi connectivity index (χ1v) is 10.3. The van der Waals surface area contributed by atoms with Crippen LogP contribution in [-0.2, 0) is 16.0 Å².